The summed E-state index contributed by atoms with van der Waals surface area (Å²) in [6, 6.07) is 2.88. The fraction of sp³-hybridized carbons (Fsp3) is 0.667. The molecule has 112 valence electrons. The highest BCUT2D eigenvalue weighted by Gasteiger charge is 2.24. The van der Waals surface area contributed by atoms with E-state index in [4.69, 9.17) is 4.74 Å². The molecule has 1 aliphatic heterocycles. The van der Waals surface area contributed by atoms with E-state index in [0.717, 1.165) is 38.9 Å². The smallest absolute Gasteiger partial charge is 0.141 e. The third-order valence-electron chi connectivity index (χ3n) is 3.82. The van der Waals surface area contributed by atoms with Crippen molar-refractivity contribution >= 4 is 0 Å². The van der Waals surface area contributed by atoms with E-state index in [1.54, 1.807) is 6.07 Å². The van der Waals surface area contributed by atoms with Gasteiger partial charge >= 0.3 is 0 Å². The molecule has 4 nitrogen and oxygen atoms in total. The Morgan fingerprint density at radius 2 is 2.35 bits per heavy atom. The fourth-order valence-corrected chi connectivity index (χ4v) is 2.55. The molecule has 1 N–H and O–H groups in total. The van der Waals surface area contributed by atoms with Gasteiger partial charge in [-0.05, 0) is 18.6 Å². The summed E-state index contributed by atoms with van der Waals surface area (Å²) in [6.45, 7) is 7.45. The summed E-state index contributed by atoms with van der Waals surface area (Å²) < 4.78 is 18.5. The van der Waals surface area contributed by atoms with Gasteiger partial charge in [0, 0.05) is 25.6 Å². The van der Waals surface area contributed by atoms with Crippen LogP contribution in [0.5, 0.6) is 0 Å². The van der Waals surface area contributed by atoms with Crippen LogP contribution in [0.3, 0.4) is 0 Å². The molecular weight excluding hydrogens is 259 g/mol. The Bertz CT molecular complexity index is 413. The maximum absolute atomic E-state index is 12.8. The zero-order valence-corrected chi connectivity index (χ0v) is 12.1. The first-order chi connectivity index (χ1) is 9.60. The molecule has 0 amide bonds. The number of halogens is 1. The van der Waals surface area contributed by atoms with Crippen molar-refractivity contribution in [3.05, 3.63) is 29.8 Å². The summed E-state index contributed by atoms with van der Waals surface area (Å²) in [6.07, 6.45) is 1.77. The van der Waals surface area contributed by atoms with Crippen LogP contribution in [-0.4, -0.2) is 47.3 Å². The maximum Gasteiger partial charge on any atom is 0.141 e. The highest BCUT2D eigenvalue weighted by molar-refractivity contribution is 5.08. The van der Waals surface area contributed by atoms with Gasteiger partial charge in [0.25, 0.3) is 0 Å². The summed E-state index contributed by atoms with van der Waals surface area (Å²) in [4.78, 5) is 6.27. The first-order valence-corrected chi connectivity index (χ1v) is 7.23. The predicted octanol–water partition coefficient (Wildman–Crippen LogP) is 2.00. The molecule has 0 aliphatic carbocycles. The standard InChI is InChI=1S/C15H23FN2O2/c1-3-13-10-18(6-7-20-13)9-11(2)15(19)14-5-4-12(16)8-17-14/h4-5,8,11,13,15,19H,3,6-7,9-10H2,1-2H3. The zero-order chi connectivity index (χ0) is 14.5. The molecule has 5 heteroatoms. The monoisotopic (exact) mass is 282 g/mol. The van der Waals surface area contributed by atoms with Crippen LogP contribution in [0.15, 0.2) is 18.3 Å². The predicted molar refractivity (Wildman–Crippen MR) is 74.8 cm³/mol. The number of hydrogen-bond donors (Lipinski definition) is 1. The lowest BCUT2D eigenvalue weighted by Crippen LogP contribution is -2.44. The van der Waals surface area contributed by atoms with Crippen molar-refractivity contribution in [2.45, 2.75) is 32.5 Å². The lowest BCUT2D eigenvalue weighted by molar-refractivity contribution is -0.0405. The Balaban J connectivity index is 1.90. The minimum atomic E-state index is -0.668. The third kappa shape index (κ3) is 3.98. The molecule has 1 saturated heterocycles. The Hall–Kier alpha value is -1.04. The summed E-state index contributed by atoms with van der Waals surface area (Å²) >= 11 is 0. The molecule has 0 radical (unpaired) electrons. The van der Waals surface area contributed by atoms with Crippen LogP contribution in [0.1, 0.15) is 32.1 Å². The van der Waals surface area contributed by atoms with Crippen molar-refractivity contribution in [2.24, 2.45) is 5.92 Å². The van der Waals surface area contributed by atoms with Gasteiger partial charge in [-0.25, -0.2) is 4.39 Å². The molecule has 2 rings (SSSR count). The Morgan fingerprint density at radius 3 is 3.00 bits per heavy atom. The number of nitrogens with zero attached hydrogens (tertiary/aromatic N) is 2. The zero-order valence-electron chi connectivity index (χ0n) is 12.1. The number of hydrogen-bond acceptors (Lipinski definition) is 4. The molecule has 0 aromatic carbocycles. The van der Waals surface area contributed by atoms with Gasteiger partial charge in [-0.3, -0.25) is 9.88 Å². The van der Waals surface area contributed by atoms with E-state index in [9.17, 15) is 9.50 Å². The van der Waals surface area contributed by atoms with Crippen LogP contribution in [0.4, 0.5) is 4.39 Å². The van der Waals surface area contributed by atoms with Gasteiger partial charge in [-0.15, -0.1) is 0 Å². The maximum atomic E-state index is 12.8. The minimum absolute atomic E-state index is 0.0450. The second-order valence-corrected chi connectivity index (χ2v) is 5.48. The Morgan fingerprint density at radius 1 is 1.55 bits per heavy atom. The quantitative estimate of drug-likeness (QED) is 0.897. The van der Waals surface area contributed by atoms with E-state index in [1.807, 2.05) is 6.92 Å². The molecule has 1 aromatic rings. The van der Waals surface area contributed by atoms with Gasteiger partial charge in [0.15, 0.2) is 0 Å². The number of aliphatic hydroxyl groups is 1. The van der Waals surface area contributed by atoms with E-state index >= 15 is 0 Å². The molecule has 1 aromatic heterocycles. The lowest BCUT2D eigenvalue weighted by atomic mass is 10.00. The van der Waals surface area contributed by atoms with Crippen molar-refractivity contribution in [2.75, 3.05) is 26.2 Å². The van der Waals surface area contributed by atoms with Crippen molar-refractivity contribution in [3.8, 4) is 0 Å². The van der Waals surface area contributed by atoms with E-state index in [1.165, 1.54) is 6.07 Å². The third-order valence-corrected chi connectivity index (χ3v) is 3.82. The minimum Gasteiger partial charge on any atom is -0.386 e. The Labute approximate surface area is 119 Å². The topological polar surface area (TPSA) is 45.6 Å². The second-order valence-electron chi connectivity index (χ2n) is 5.48. The second kappa shape index (κ2) is 7.11. The molecule has 3 unspecified atom stereocenters. The highest BCUT2D eigenvalue weighted by Crippen LogP contribution is 2.22. The van der Waals surface area contributed by atoms with Gasteiger partial charge in [-0.1, -0.05) is 13.8 Å². The van der Waals surface area contributed by atoms with Gasteiger partial charge in [-0.2, -0.15) is 0 Å². The van der Waals surface area contributed by atoms with Crippen LogP contribution in [-0.2, 0) is 4.74 Å². The van der Waals surface area contributed by atoms with Crippen molar-refractivity contribution in [1.82, 2.24) is 9.88 Å². The van der Waals surface area contributed by atoms with Crippen molar-refractivity contribution < 1.29 is 14.2 Å². The van der Waals surface area contributed by atoms with Crippen LogP contribution < -0.4 is 0 Å². The summed E-state index contributed by atoms with van der Waals surface area (Å²) in [7, 11) is 0. The molecule has 20 heavy (non-hydrogen) atoms. The number of aromatic nitrogens is 1. The number of ether oxygens (including phenoxy) is 1. The van der Waals surface area contributed by atoms with Gasteiger partial charge in [0.05, 0.1) is 30.7 Å². The number of rotatable bonds is 5. The lowest BCUT2D eigenvalue weighted by Gasteiger charge is -2.34. The number of morpholine rings is 1. The molecule has 0 saturated carbocycles. The normalized spacial score (nSPS) is 23.5. The molecular formula is C15H23FN2O2. The molecule has 0 bridgehead atoms. The Kier molecular flexibility index (Phi) is 5.46. The molecule has 3 atom stereocenters. The van der Waals surface area contributed by atoms with Gasteiger partial charge in [0.2, 0.25) is 0 Å². The van der Waals surface area contributed by atoms with Gasteiger partial charge in [0.1, 0.15) is 5.82 Å². The largest absolute Gasteiger partial charge is 0.386 e. The van der Waals surface area contributed by atoms with Crippen molar-refractivity contribution in [3.63, 3.8) is 0 Å². The van der Waals surface area contributed by atoms with Crippen LogP contribution in [0.2, 0.25) is 0 Å². The first-order valence-electron chi connectivity index (χ1n) is 7.23. The van der Waals surface area contributed by atoms with Crippen molar-refractivity contribution in [1.29, 1.82) is 0 Å². The van der Waals surface area contributed by atoms with E-state index in [2.05, 4.69) is 16.8 Å². The number of aliphatic hydroxyl groups excluding tert-OH is 1. The molecule has 2 heterocycles. The average molecular weight is 282 g/mol. The average Bonchev–Trinajstić information content (AvgIpc) is 2.47. The first kappa shape index (κ1) is 15.4. The summed E-state index contributed by atoms with van der Waals surface area (Å²) in [5, 5.41) is 10.3. The highest BCUT2D eigenvalue weighted by atomic mass is 19.1. The molecule has 0 spiro atoms. The van der Waals surface area contributed by atoms with E-state index in [-0.39, 0.29) is 17.8 Å². The molecule has 1 aliphatic rings. The van der Waals surface area contributed by atoms with Gasteiger partial charge < -0.3 is 9.84 Å². The SMILES string of the molecule is CCC1CN(CC(C)C(O)c2ccc(F)cn2)CCO1. The van der Waals surface area contributed by atoms with Crippen LogP contribution in [0.25, 0.3) is 0 Å². The van der Waals surface area contributed by atoms with Crippen LogP contribution in [0, 0.1) is 11.7 Å². The van der Waals surface area contributed by atoms with E-state index < -0.39 is 6.10 Å². The summed E-state index contributed by atoms with van der Waals surface area (Å²) in [5.74, 6) is -0.337. The summed E-state index contributed by atoms with van der Waals surface area (Å²) in [5.41, 5.74) is 0.527. The van der Waals surface area contributed by atoms with E-state index in [0.29, 0.717) is 5.69 Å². The fourth-order valence-electron chi connectivity index (χ4n) is 2.55. The molecule has 1 fully saturated rings. The number of pyridine rings is 1. The van der Waals surface area contributed by atoms with Crippen LogP contribution >= 0.6 is 0 Å².